The number of H-pyrrole nitrogens is 1. The SMILES string of the molecule is COc1ccc2c(c1)OC[C@@H]2COc1cccc2[nH]c(OC(=O)NC3CCC(O)(CCN4CC[C@H](O)[C@@H](C)C4)CC3)cc12. The molecule has 6 rings (SSSR count). The van der Waals surface area contributed by atoms with Gasteiger partial charge in [-0.2, -0.15) is 0 Å². The minimum absolute atomic E-state index is 0.0438. The van der Waals surface area contributed by atoms with Crippen LogP contribution in [0.25, 0.3) is 10.9 Å². The highest BCUT2D eigenvalue weighted by Crippen LogP contribution is 2.38. The molecule has 0 spiro atoms. The minimum Gasteiger partial charge on any atom is -0.497 e. The molecule has 10 nitrogen and oxygen atoms in total. The van der Waals surface area contributed by atoms with Gasteiger partial charge in [0.15, 0.2) is 0 Å². The number of benzene rings is 2. The Labute approximate surface area is 252 Å². The third kappa shape index (κ3) is 6.87. The first-order valence-electron chi connectivity index (χ1n) is 15.4. The van der Waals surface area contributed by atoms with Crippen molar-refractivity contribution < 1.29 is 34.0 Å². The highest BCUT2D eigenvalue weighted by atomic mass is 16.6. The zero-order valence-electron chi connectivity index (χ0n) is 25.0. The first-order chi connectivity index (χ1) is 20.8. The zero-order valence-corrected chi connectivity index (χ0v) is 25.0. The lowest BCUT2D eigenvalue weighted by atomic mass is 9.80. The predicted octanol–water partition coefficient (Wildman–Crippen LogP) is 4.59. The Morgan fingerprint density at radius 2 is 2.02 bits per heavy atom. The fourth-order valence-electron chi connectivity index (χ4n) is 6.63. The molecule has 0 radical (unpaired) electrons. The monoisotopic (exact) mass is 593 g/mol. The van der Waals surface area contributed by atoms with Gasteiger partial charge in [-0.15, -0.1) is 0 Å². The van der Waals surface area contributed by atoms with Crippen molar-refractivity contribution in [3.8, 4) is 23.1 Å². The number of fused-ring (bicyclic) bond motifs is 2. The summed E-state index contributed by atoms with van der Waals surface area (Å²) in [7, 11) is 1.64. The molecule has 1 aliphatic carbocycles. The summed E-state index contributed by atoms with van der Waals surface area (Å²) in [5.74, 6) is 3.00. The summed E-state index contributed by atoms with van der Waals surface area (Å²) >= 11 is 0. The normalized spacial score (nSPS) is 27.3. The highest BCUT2D eigenvalue weighted by Gasteiger charge is 2.35. The van der Waals surface area contributed by atoms with Crippen LogP contribution in [-0.2, 0) is 0 Å². The summed E-state index contributed by atoms with van der Waals surface area (Å²) in [5.41, 5.74) is 1.20. The van der Waals surface area contributed by atoms with Crippen LogP contribution in [0.1, 0.15) is 56.9 Å². The number of carbonyl (C=O) groups is 1. The second-order valence-electron chi connectivity index (χ2n) is 12.5. The molecule has 4 N–H and O–H groups in total. The largest absolute Gasteiger partial charge is 0.497 e. The van der Waals surface area contributed by atoms with Gasteiger partial charge in [0.1, 0.15) is 17.2 Å². The summed E-state index contributed by atoms with van der Waals surface area (Å²) < 4.78 is 23.0. The lowest BCUT2D eigenvalue weighted by Crippen LogP contribution is -2.47. The fraction of sp³-hybridized carbons (Fsp3) is 0.545. The summed E-state index contributed by atoms with van der Waals surface area (Å²) in [5, 5.41) is 24.9. The van der Waals surface area contributed by atoms with Crippen molar-refractivity contribution in [2.45, 2.75) is 69.1 Å². The number of likely N-dealkylation sites (tertiary alicyclic amines) is 1. The van der Waals surface area contributed by atoms with Crippen LogP contribution in [0, 0.1) is 5.92 Å². The standard InChI is InChI=1S/C33H43N3O7/c1-21-18-36(14-10-28(21)37)15-13-33(39)11-8-23(9-12-33)34-32(38)43-31-17-26-27(35-31)4-3-5-29(26)41-19-22-20-42-30-16-24(40-2)6-7-25(22)30/h3-7,16-17,21-23,28,35,37,39H,8-15,18-20H2,1-2H3,(H,34,38)/t21-,22-,23?,28-,33?/m0/s1. The third-order valence-corrected chi connectivity index (χ3v) is 9.42. The highest BCUT2D eigenvalue weighted by molar-refractivity contribution is 5.88. The Balaban J connectivity index is 0.981. The molecule has 3 aliphatic rings. The molecule has 0 unspecified atom stereocenters. The number of aromatic amines is 1. The van der Waals surface area contributed by atoms with Gasteiger partial charge in [0.25, 0.3) is 0 Å². The van der Waals surface area contributed by atoms with Crippen LogP contribution in [0.3, 0.4) is 0 Å². The molecule has 43 heavy (non-hydrogen) atoms. The van der Waals surface area contributed by atoms with Crippen molar-refractivity contribution in [3.63, 3.8) is 0 Å². The number of nitrogens with one attached hydrogen (secondary N) is 2. The number of rotatable bonds is 9. The van der Waals surface area contributed by atoms with Gasteiger partial charge in [-0.25, -0.2) is 4.79 Å². The third-order valence-electron chi connectivity index (χ3n) is 9.42. The average Bonchev–Trinajstić information content (AvgIpc) is 3.61. The van der Waals surface area contributed by atoms with Crippen LogP contribution < -0.4 is 24.3 Å². The summed E-state index contributed by atoms with van der Waals surface area (Å²) in [6.45, 7) is 5.65. The van der Waals surface area contributed by atoms with Gasteiger partial charge < -0.3 is 44.4 Å². The molecule has 1 aromatic heterocycles. The van der Waals surface area contributed by atoms with Crippen molar-refractivity contribution >= 4 is 17.0 Å². The number of hydrogen-bond acceptors (Lipinski definition) is 8. The van der Waals surface area contributed by atoms with Gasteiger partial charge in [0.2, 0.25) is 5.88 Å². The lowest BCUT2D eigenvalue weighted by Gasteiger charge is -2.39. The average molecular weight is 594 g/mol. The van der Waals surface area contributed by atoms with E-state index < -0.39 is 11.7 Å². The van der Waals surface area contributed by atoms with Crippen LogP contribution in [0.15, 0.2) is 42.5 Å². The Hall–Kier alpha value is -3.47. The number of nitrogens with zero attached hydrogens (tertiary/aromatic N) is 1. The van der Waals surface area contributed by atoms with Gasteiger partial charge in [-0.3, -0.25) is 0 Å². The van der Waals surface area contributed by atoms with Gasteiger partial charge >= 0.3 is 6.09 Å². The molecule has 10 heteroatoms. The quantitative estimate of drug-likeness (QED) is 0.284. The first-order valence-corrected chi connectivity index (χ1v) is 15.4. The Kier molecular flexibility index (Phi) is 8.70. The number of amides is 1. The van der Waals surface area contributed by atoms with E-state index in [0.29, 0.717) is 56.9 Å². The van der Waals surface area contributed by atoms with E-state index in [2.05, 4.69) is 22.1 Å². The topological polar surface area (TPSA) is 126 Å². The Morgan fingerprint density at radius 1 is 1.19 bits per heavy atom. The van der Waals surface area contributed by atoms with Crippen molar-refractivity contribution in [2.24, 2.45) is 5.92 Å². The van der Waals surface area contributed by atoms with Crippen LogP contribution in [0.4, 0.5) is 4.79 Å². The summed E-state index contributed by atoms with van der Waals surface area (Å²) in [4.78, 5) is 18.3. The van der Waals surface area contributed by atoms with Crippen molar-refractivity contribution in [2.75, 3.05) is 40.0 Å². The molecular weight excluding hydrogens is 550 g/mol. The van der Waals surface area contributed by atoms with Crippen LogP contribution in [0.2, 0.25) is 0 Å². The molecule has 2 aromatic carbocycles. The number of carbonyl (C=O) groups excluding carboxylic acids is 1. The second kappa shape index (κ2) is 12.6. The van der Waals surface area contributed by atoms with E-state index in [9.17, 15) is 15.0 Å². The lowest BCUT2D eigenvalue weighted by molar-refractivity contribution is -0.0271. The molecule has 232 valence electrons. The number of hydrogen-bond donors (Lipinski definition) is 4. The van der Waals surface area contributed by atoms with Gasteiger partial charge in [0, 0.05) is 48.8 Å². The van der Waals surface area contributed by atoms with E-state index in [1.54, 1.807) is 13.2 Å². The maximum absolute atomic E-state index is 12.8. The fourth-order valence-corrected chi connectivity index (χ4v) is 6.63. The molecule has 3 atom stereocenters. The second-order valence-corrected chi connectivity index (χ2v) is 12.5. The maximum Gasteiger partial charge on any atom is 0.414 e. The number of piperidine rings is 1. The van der Waals surface area contributed by atoms with Gasteiger partial charge in [-0.05, 0) is 62.6 Å². The molecule has 3 aromatic rings. The summed E-state index contributed by atoms with van der Waals surface area (Å²) in [6.07, 6.45) is 3.45. The molecular formula is C33H43N3O7. The molecule has 2 fully saturated rings. The van der Waals surface area contributed by atoms with E-state index in [1.807, 2.05) is 36.4 Å². The van der Waals surface area contributed by atoms with E-state index in [-0.39, 0.29) is 24.0 Å². The van der Waals surface area contributed by atoms with Crippen molar-refractivity contribution in [3.05, 3.63) is 48.0 Å². The van der Waals surface area contributed by atoms with E-state index >= 15 is 0 Å². The summed E-state index contributed by atoms with van der Waals surface area (Å²) in [6, 6.07) is 13.3. The Morgan fingerprint density at radius 3 is 2.81 bits per heavy atom. The Bertz CT molecular complexity index is 1420. The predicted molar refractivity (Wildman–Crippen MR) is 162 cm³/mol. The van der Waals surface area contributed by atoms with Crippen LogP contribution >= 0.6 is 0 Å². The molecule has 1 saturated heterocycles. The molecule has 2 aliphatic heterocycles. The van der Waals surface area contributed by atoms with Gasteiger partial charge in [-0.1, -0.05) is 19.1 Å². The van der Waals surface area contributed by atoms with E-state index in [1.165, 1.54) is 0 Å². The van der Waals surface area contributed by atoms with Gasteiger partial charge in [0.05, 0.1) is 43.5 Å². The van der Waals surface area contributed by atoms with Crippen LogP contribution in [0.5, 0.6) is 23.1 Å². The zero-order chi connectivity index (χ0) is 30.0. The smallest absolute Gasteiger partial charge is 0.414 e. The molecule has 1 saturated carbocycles. The minimum atomic E-state index is -0.714. The van der Waals surface area contributed by atoms with Crippen molar-refractivity contribution in [1.29, 1.82) is 0 Å². The molecule has 3 heterocycles. The molecule has 1 amide bonds. The van der Waals surface area contributed by atoms with Crippen LogP contribution in [-0.4, -0.2) is 83.9 Å². The number of ether oxygens (including phenoxy) is 4. The number of aliphatic hydroxyl groups is 2. The number of methoxy groups -OCH3 is 1. The van der Waals surface area contributed by atoms with Crippen molar-refractivity contribution in [1.82, 2.24) is 15.2 Å². The van der Waals surface area contributed by atoms with E-state index in [4.69, 9.17) is 18.9 Å². The first kappa shape index (κ1) is 29.6. The number of aliphatic hydroxyl groups excluding tert-OH is 1. The number of aromatic nitrogens is 1. The molecule has 0 bridgehead atoms. The van der Waals surface area contributed by atoms with E-state index in [0.717, 1.165) is 54.0 Å². The maximum atomic E-state index is 12.8.